The molecule has 5 heterocycles. The zero-order chi connectivity index (χ0) is 112. The van der Waals surface area contributed by atoms with Gasteiger partial charge in [0, 0.05) is 204 Å². The third kappa shape index (κ3) is 49.8. The number of ketones is 10. The number of aryl methyl sites for hydroxylation is 1. The molecule has 820 valence electrons. The molecule has 5 saturated heterocycles. The fourth-order valence-corrected chi connectivity index (χ4v) is 16.5. The second-order valence-corrected chi connectivity index (χ2v) is 47.1. The molecule has 0 saturated carbocycles. The van der Waals surface area contributed by atoms with Crippen LogP contribution >= 0.6 is 11.8 Å². The SMILES string of the molecule is CC(C)(C)C(=O)CCNCCN1C(=O)CC(C(C)(C)C)C1=O.CC(C)C(=O)CC(F)(F)C(C)C.CC(C)C(=O)CCC(=O)CCCN1C(=O)CC(C(C)C)C1=O.CC(C)C(=O)CSCCN1C(=O)CC(C(C)C)C1=O.CC(C)C(=O)Cc1cccc(CCN2C(=O)CC(C(C)C)C2=O)c1.CC(C)C(=O)c1cccc(CCCN2C(=O)CC(C(C)C)C2=O)c1.CC(C)CC(=O)C(=O)C(C)C.CC(C)CC(F)C(=O)C(C)C. The number of imide groups is 5. The third-order valence-corrected chi connectivity index (χ3v) is 27.0. The Bertz CT molecular complexity index is 4620. The Hall–Kier alpha value is -9.06. The summed E-state index contributed by atoms with van der Waals surface area (Å²) in [6.45, 7) is 66.3. The minimum atomic E-state index is -2.85. The maximum absolute atomic E-state index is 12.9. The molecule has 145 heavy (non-hydrogen) atoms. The molecule has 6 unspecified atom stereocenters. The molecule has 10 amide bonds. The maximum Gasteiger partial charge on any atom is 0.257 e. The molecule has 2 aromatic carbocycles. The highest BCUT2D eigenvalue weighted by molar-refractivity contribution is 7.99. The molecule has 5 aliphatic rings. The molecule has 0 spiro atoms. The summed E-state index contributed by atoms with van der Waals surface area (Å²) in [4.78, 5) is 242. The summed E-state index contributed by atoms with van der Waals surface area (Å²) < 4.78 is 38.8. The summed E-state index contributed by atoms with van der Waals surface area (Å²) in [5.74, 6) is -3.65. The highest BCUT2D eigenvalue weighted by Gasteiger charge is 2.47. The number of hydrogen-bond donors (Lipinski definition) is 1. The number of rotatable bonds is 48. The van der Waals surface area contributed by atoms with E-state index in [9.17, 15) is 109 Å². The van der Waals surface area contributed by atoms with Crippen LogP contribution in [-0.4, -0.2) is 211 Å². The van der Waals surface area contributed by atoms with Gasteiger partial charge in [-0.15, -0.1) is 0 Å². The van der Waals surface area contributed by atoms with Gasteiger partial charge in [-0.25, -0.2) is 13.2 Å². The summed E-state index contributed by atoms with van der Waals surface area (Å²) in [6.07, 6.45) is 4.83. The van der Waals surface area contributed by atoms with Gasteiger partial charge in [-0.1, -0.05) is 278 Å². The van der Waals surface area contributed by atoms with Crippen molar-refractivity contribution in [3.8, 4) is 0 Å². The van der Waals surface area contributed by atoms with Crippen molar-refractivity contribution in [2.45, 2.75) is 357 Å². The smallest absolute Gasteiger partial charge is 0.257 e. The number of nitrogens with zero attached hydrogens (tertiary/aromatic N) is 5. The van der Waals surface area contributed by atoms with Crippen LogP contribution in [0.4, 0.5) is 13.2 Å². The van der Waals surface area contributed by atoms with Crippen molar-refractivity contribution in [3.63, 3.8) is 0 Å². The number of thioether (sulfide) groups is 1. The van der Waals surface area contributed by atoms with Crippen LogP contribution in [0.25, 0.3) is 0 Å². The molecule has 5 fully saturated rings. The Kier molecular flexibility index (Phi) is 61.6. The van der Waals surface area contributed by atoms with Crippen molar-refractivity contribution < 1.29 is 109 Å². The average Bonchev–Trinajstić information content (AvgIpc) is 2.35. The Balaban J connectivity index is 0.00000166. The number of alkyl halides is 3. The third-order valence-electron chi connectivity index (χ3n) is 26.0. The Morgan fingerprint density at radius 3 is 1.21 bits per heavy atom. The molecular weight excluding hydrogens is 1870 g/mol. The minimum Gasteiger partial charge on any atom is -0.315 e. The molecule has 0 aromatic heterocycles. The van der Waals surface area contributed by atoms with Gasteiger partial charge in [0.05, 0.1) is 18.1 Å². The molecular formula is C115H183F3N6O20S. The molecule has 0 aliphatic carbocycles. The van der Waals surface area contributed by atoms with Crippen LogP contribution < -0.4 is 5.32 Å². The lowest BCUT2D eigenvalue weighted by atomic mass is 9.80. The quantitative estimate of drug-likeness (QED) is 0.0278. The number of nitrogens with one attached hydrogen (secondary N) is 1. The molecule has 6 atom stereocenters. The van der Waals surface area contributed by atoms with Gasteiger partial charge in [0.1, 0.15) is 34.7 Å². The number of Topliss-reactive ketones (excluding diaryl/α,β-unsaturated/α-hetero) is 10. The van der Waals surface area contributed by atoms with E-state index in [-0.39, 0.29) is 254 Å². The van der Waals surface area contributed by atoms with E-state index in [0.717, 1.165) is 35.1 Å². The van der Waals surface area contributed by atoms with Gasteiger partial charge in [0.25, 0.3) is 5.92 Å². The van der Waals surface area contributed by atoms with Crippen LogP contribution in [0.2, 0.25) is 0 Å². The Morgan fingerprint density at radius 2 is 0.821 bits per heavy atom. The van der Waals surface area contributed by atoms with Crippen molar-refractivity contribution >= 4 is 129 Å². The molecule has 30 heteroatoms. The van der Waals surface area contributed by atoms with Gasteiger partial charge >= 0.3 is 0 Å². The van der Waals surface area contributed by atoms with E-state index in [0.29, 0.717) is 128 Å². The van der Waals surface area contributed by atoms with E-state index in [1.54, 1.807) is 41.5 Å². The summed E-state index contributed by atoms with van der Waals surface area (Å²) in [5, 5.41) is 3.14. The first-order chi connectivity index (χ1) is 66.8. The molecule has 5 aliphatic heterocycles. The van der Waals surface area contributed by atoms with Crippen molar-refractivity contribution in [3.05, 3.63) is 70.8 Å². The first kappa shape index (κ1) is 136. The number of amides is 10. The van der Waals surface area contributed by atoms with Crippen LogP contribution in [0, 0.1) is 123 Å². The predicted molar refractivity (Wildman–Crippen MR) is 566 cm³/mol. The minimum absolute atomic E-state index is 0.0203. The fraction of sp³-hybridized carbons (Fsp3) is 0.722. The summed E-state index contributed by atoms with van der Waals surface area (Å²) in [5.41, 5.74) is 3.34. The molecule has 7 rings (SSSR count). The normalized spacial score (nSPS) is 17.4. The highest BCUT2D eigenvalue weighted by Crippen LogP contribution is 2.37. The second-order valence-electron chi connectivity index (χ2n) is 46.0. The van der Waals surface area contributed by atoms with Crippen molar-refractivity contribution in [2.75, 3.05) is 57.3 Å². The van der Waals surface area contributed by atoms with Crippen LogP contribution in [0.5, 0.6) is 0 Å². The predicted octanol–water partition coefficient (Wildman–Crippen LogP) is 20.2. The largest absolute Gasteiger partial charge is 0.315 e. The molecule has 26 nitrogen and oxygen atoms in total. The number of likely N-dealkylation sites (tertiary alicyclic amines) is 5. The Labute approximate surface area is 870 Å². The maximum atomic E-state index is 12.9. The van der Waals surface area contributed by atoms with Gasteiger partial charge in [0.15, 0.2) is 23.5 Å². The van der Waals surface area contributed by atoms with Crippen LogP contribution in [-0.2, 0) is 110 Å². The second kappa shape index (κ2) is 65.7. The Morgan fingerprint density at radius 1 is 0.407 bits per heavy atom. The first-order valence-electron chi connectivity index (χ1n) is 52.8. The summed E-state index contributed by atoms with van der Waals surface area (Å²) in [7, 11) is 0. The molecule has 0 bridgehead atoms. The number of carbonyl (C=O) groups is 20. The van der Waals surface area contributed by atoms with Gasteiger partial charge in [0.2, 0.25) is 64.9 Å². The number of hydrogen-bond acceptors (Lipinski definition) is 22. The average molecular weight is 2060 g/mol. The first-order valence-corrected chi connectivity index (χ1v) is 53.9. The standard InChI is InChI=1S/2C20H27NO3.C17H30N2O3.C17H27NO4.C14H23NO3S.C9H16F2O.C9H17FO.C9H16O2/c1-13(2)17-12-18(22)21(20(17)24)10-6-8-15-7-5-9-16(11-15)19(23)14(3)4;1-13(2)17-12-19(23)21(20(17)24)9-8-15-6-5-7-16(10-15)11-18(22)14(3)4;1-16(2,3)12-11-14(21)19(15(12)22)10-9-18-8-7-13(20)17(4,5)6;1-11(2)14-10-16(21)18(17(14)22)9-5-6-13(19)7-8-15(20)12(3)4;1-9(2)11-7-13(17)15(14(11)18)5-6-19-8-12(16)10(3)4;1-6(2)8(12)5-9(10,11)7(3)4;2*1-6(2)5-8(10)9(11)7(3)4/h5,7,9,11,13-14,17H,6,8,10,12H2,1-4H3;5-7,10,13-14,17H,8-9,11-12H2,1-4H3;12,18H,7-11H2,1-6H3;11-12,14H,5-10H2,1-4H3;9-11H,5-8H2,1-4H3;6-7H,5H2,1-4H3;6-8H,5H2,1-4H3;6-7H,5H2,1-4H3. The molecule has 2 aromatic rings. The van der Waals surface area contributed by atoms with Gasteiger partial charge in [-0.2, -0.15) is 11.8 Å². The van der Waals surface area contributed by atoms with Crippen molar-refractivity contribution in [1.29, 1.82) is 0 Å². The highest BCUT2D eigenvalue weighted by atomic mass is 32.2. The van der Waals surface area contributed by atoms with E-state index in [4.69, 9.17) is 0 Å². The van der Waals surface area contributed by atoms with Crippen LogP contribution in [0.15, 0.2) is 48.5 Å². The lowest BCUT2D eigenvalue weighted by Crippen LogP contribution is -2.39. The zero-order valence-electron chi connectivity index (χ0n) is 94.5. The number of carbonyl (C=O) groups excluding carboxylic acids is 20. The molecule has 1 N–H and O–H groups in total. The zero-order valence-corrected chi connectivity index (χ0v) is 95.3. The van der Waals surface area contributed by atoms with Crippen molar-refractivity contribution in [2.24, 2.45) is 123 Å². The van der Waals surface area contributed by atoms with Crippen LogP contribution in [0.1, 0.15) is 352 Å². The van der Waals surface area contributed by atoms with Gasteiger partial charge < -0.3 is 5.32 Å². The van der Waals surface area contributed by atoms with E-state index in [1.165, 1.54) is 50.1 Å². The van der Waals surface area contributed by atoms with Crippen LogP contribution in [0.3, 0.4) is 0 Å². The number of benzene rings is 2. The van der Waals surface area contributed by atoms with Gasteiger partial charge in [-0.3, -0.25) is 120 Å². The van der Waals surface area contributed by atoms with Crippen molar-refractivity contribution in [1.82, 2.24) is 29.8 Å². The van der Waals surface area contributed by atoms with E-state index < -0.39 is 24.4 Å². The van der Waals surface area contributed by atoms with Gasteiger partial charge in [-0.05, 0) is 95.8 Å². The summed E-state index contributed by atoms with van der Waals surface area (Å²) in [6, 6.07) is 15.5. The summed E-state index contributed by atoms with van der Waals surface area (Å²) >= 11 is 1.49. The topological polar surface area (TPSA) is 370 Å². The lowest BCUT2D eigenvalue weighted by molar-refractivity contribution is -0.141. The van der Waals surface area contributed by atoms with E-state index in [1.807, 2.05) is 229 Å². The number of halogens is 3. The van der Waals surface area contributed by atoms with E-state index in [2.05, 4.69) is 5.32 Å². The fourth-order valence-electron chi connectivity index (χ4n) is 15.5. The van der Waals surface area contributed by atoms with E-state index >= 15 is 0 Å². The monoisotopic (exact) mass is 2060 g/mol. The lowest BCUT2D eigenvalue weighted by Gasteiger charge is -2.24. The molecule has 0 radical (unpaired) electrons.